The molecule has 1 atom stereocenters. The first kappa shape index (κ1) is 15.9. The van der Waals surface area contributed by atoms with Crippen LogP contribution in [-0.2, 0) is 13.1 Å². The van der Waals surface area contributed by atoms with Gasteiger partial charge in [0.25, 0.3) is 0 Å². The lowest BCUT2D eigenvalue weighted by molar-refractivity contribution is 0.276. The molecule has 0 bridgehead atoms. The summed E-state index contributed by atoms with van der Waals surface area (Å²) in [5.41, 5.74) is 1.47. The summed E-state index contributed by atoms with van der Waals surface area (Å²) in [6.45, 7) is 15.1. The van der Waals surface area contributed by atoms with Crippen LogP contribution in [-0.4, -0.2) is 34.5 Å². The van der Waals surface area contributed by atoms with Crippen LogP contribution in [0.5, 0.6) is 0 Å². The molecular weight excluding hydrogens is 268 g/mol. The van der Waals surface area contributed by atoms with E-state index in [0.29, 0.717) is 0 Å². The molecule has 1 fully saturated rings. The molecule has 0 saturated carbocycles. The molecule has 2 heterocycles. The highest BCUT2D eigenvalue weighted by molar-refractivity contribution is 7.99. The van der Waals surface area contributed by atoms with Crippen molar-refractivity contribution >= 4 is 11.8 Å². The predicted molar refractivity (Wildman–Crippen MR) is 87.2 cm³/mol. The molecule has 114 valence electrons. The summed E-state index contributed by atoms with van der Waals surface area (Å²) < 4.78 is 5.88. The van der Waals surface area contributed by atoms with Crippen LogP contribution in [0, 0.1) is 6.92 Å². The Morgan fingerprint density at radius 3 is 2.85 bits per heavy atom. The van der Waals surface area contributed by atoms with Crippen LogP contribution in [0.15, 0.2) is 10.5 Å². The van der Waals surface area contributed by atoms with Gasteiger partial charge in [0.1, 0.15) is 11.5 Å². The average Bonchev–Trinajstić information content (AvgIpc) is 2.67. The first-order valence-corrected chi connectivity index (χ1v) is 8.55. The first-order chi connectivity index (χ1) is 9.33. The minimum atomic E-state index is 0.125. The zero-order valence-corrected chi connectivity index (χ0v) is 14.3. The summed E-state index contributed by atoms with van der Waals surface area (Å²) in [7, 11) is 0. The summed E-state index contributed by atoms with van der Waals surface area (Å²) in [5.74, 6) is 3.37. The summed E-state index contributed by atoms with van der Waals surface area (Å²) in [5, 5.41) is 4.23. The Bertz CT molecular complexity index is 436. The molecule has 1 aliphatic rings. The zero-order valence-electron chi connectivity index (χ0n) is 13.5. The highest BCUT2D eigenvalue weighted by Crippen LogP contribution is 2.22. The fraction of sp³-hybridized carbons (Fsp3) is 0.750. The van der Waals surface area contributed by atoms with Crippen molar-refractivity contribution in [3.05, 3.63) is 23.2 Å². The molecule has 3 nitrogen and oxygen atoms in total. The van der Waals surface area contributed by atoms with Gasteiger partial charge in [-0.1, -0.05) is 6.92 Å². The van der Waals surface area contributed by atoms with E-state index in [1.807, 2.05) is 0 Å². The van der Waals surface area contributed by atoms with Crippen LogP contribution < -0.4 is 5.32 Å². The standard InChI is InChI=1S/C16H28N2OS/c1-12-10-18(6-7-20-12)11-14-8-15(19-13(14)2)9-17-16(3,4)5/h8,12,17H,6-7,9-11H2,1-5H3. The van der Waals surface area contributed by atoms with Gasteiger partial charge in [-0.15, -0.1) is 0 Å². The number of hydrogen-bond acceptors (Lipinski definition) is 4. The molecule has 0 amide bonds. The maximum atomic E-state index is 5.88. The molecule has 2 rings (SSSR count). The lowest BCUT2D eigenvalue weighted by atomic mass is 10.1. The Morgan fingerprint density at radius 2 is 2.20 bits per heavy atom. The van der Waals surface area contributed by atoms with Crippen LogP contribution in [0.25, 0.3) is 0 Å². The van der Waals surface area contributed by atoms with Gasteiger partial charge < -0.3 is 9.73 Å². The van der Waals surface area contributed by atoms with Crippen molar-refractivity contribution < 1.29 is 4.42 Å². The lowest BCUT2D eigenvalue weighted by Crippen LogP contribution is -2.36. The Hall–Kier alpha value is -0.450. The third-order valence-corrected chi connectivity index (χ3v) is 4.72. The number of aryl methyl sites for hydroxylation is 1. The molecule has 1 aromatic rings. The van der Waals surface area contributed by atoms with Gasteiger partial charge in [-0.25, -0.2) is 0 Å². The summed E-state index contributed by atoms with van der Waals surface area (Å²) >= 11 is 2.08. The maximum Gasteiger partial charge on any atom is 0.118 e. The van der Waals surface area contributed by atoms with Crippen LogP contribution in [0.3, 0.4) is 0 Å². The van der Waals surface area contributed by atoms with Crippen molar-refractivity contribution in [2.75, 3.05) is 18.8 Å². The summed E-state index contributed by atoms with van der Waals surface area (Å²) in [4.78, 5) is 2.54. The third kappa shape index (κ3) is 4.83. The highest BCUT2D eigenvalue weighted by Gasteiger charge is 2.19. The lowest BCUT2D eigenvalue weighted by Gasteiger charge is -2.30. The van der Waals surface area contributed by atoms with Gasteiger partial charge in [0.15, 0.2) is 0 Å². The molecule has 1 unspecified atom stereocenters. The van der Waals surface area contributed by atoms with Gasteiger partial charge in [0, 0.05) is 41.7 Å². The molecule has 0 aromatic carbocycles. The van der Waals surface area contributed by atoms with Gasteiger partial charge in [0.05, 0.1) is 6.54 Å². The Labute approximate surface area is 127 Å². The number of rotatable bonds is 4. The van der Waals surface area contributed by atoms with E-state index < -0.39 is 0 Å². The molecule has 20 heavy (non-hydrogen) atoms. The fourth-order valence-corrected chi connectivity index (χ4v) is 3.54. The van der Waals surface area contributed by atoms with E-state index in [1.165, 1.54) is 24.4 Å². The molecule has 0 aliphatic carbocycles. The SMILES string of the molecule is Cc1oc(CNC(C)(C)C)cc1CN1CCSC(C)C1. The predicted octanol–water partition coefficient (Wildman–Crippen LogP) is 3.41. The topological polar surface area (TPSA) is 28.4 Å². The third-order valence-electron chi connectivity index (χ3n) is 3.58. The quantitative estimate of drug-likeness (QED) is 0.921. The van der Waals surface area contributed by atoms with Crippen LogP contribution in [0.4, 0.5) is 0 Å². The number of nitrogens with one attached hydrogen (secondary N) is 1. The smallest absolute Gasteiger partial charge is 0.118 e. The van der Waals surface area contributed by atoms with Gasteiger partial charge in [-0.3, -0.25) is 4.90 Å². The molecule has 1 aliphatic heterocycles. The number of thioether (sulfide) groups is 1. The van der Waals surface area contributed by atoms with E-state index in [4.69, 9.17) is 4.42 Å². The second-order valence-corrected chi connectivity index (χ2v) is 8.36. The second kappa shape index (κ2) is 6.54. The summed E-state index contributed by atoms with van der Waals surface area (Å²) in [6, 6.07) is 2.22. The summed E-state index contributed by atoms with van der Waals surface area (Å²) in [6.07, 6.45) is 0. The van der Waals surface area contributed by atoms with Gasteiger partial charge >= 0.3 is 0 Å². The Balaban J connectivity index is 1.93. The van der Waals surface area contributed by atoms with Crippen molar-refractivity contribution in [3.8, 4) is 0 Å². The molecule has 4 heteroatoms. The second-order valence-electron chi connectivity index (χ2n) is 6.81. The molecule has 1 aromatic heterocycles. The van der Waals surface area contributed by atoms with Gasteiger partial charge in [-0.2, -0.15) is 11.8 Å². The maximum absolute atomic E-state index is 5.88. The number of hydrogen-bond donors (Lipinski definition) is 1. The largest absolute Gasteiger partial charge is 0.465 e. The van der Waals surface area contributed by atoms with Crippen molar-refractivity contribution in [1.82, 2.24) is 10.2 Å². The molecule has 1 saturated heterocycles. The van der Waals surface area contributed by atoms with Crippen molar-refractivity contribution in [2.45, 2.75) is 58.5 Å². The van der Waals surface area contributed by atoms with E-state index in [0.717, 1.165) is 29.9 Å². The van der Waals surface area contributed by atoms with Crippen molar-refractivity contribution in [1.29, 1.82) is 0 Å². The fourth-order valence-electron chi connectivity index (χ4n) is 2.46. The molecule has 0 spiro atoms. The van der Waals surface area contributed by atoms with Crippen LogP contribution in [0.1, 0.15) is 44.8 Å². The Morgan fingerprint density at radius 1 is 1.45 bits per heavy atom. The normalized spacial score (nSPS) is 21.4. The zero-order chi connectivity index (χ0) is 14.8. The van der Waals surface area contributed by atoms with Gasteiger partial charge in [0.2, 0.25) is 0 Å². The molecule has 0 radical (unpaired) electrons. The first-order valence-electron chi connectivity index (χ1n) is 7.50. The monoisotopic (exact) mass is 296 g/mol. The Kier molecular flexibility index (Phi) is 5.21. The van der Waals surface area contributed by atoms with E-state index >= 15 is 0 Å². The number of nitrogens with zero attached hydrogens (tertiary/aromatic N) is 1. The van der Waals surface area contributed by atoms with E-state index in [1.54, 1.807) is 0 Å². The number of furan rings is 1. The van der Waals surface area contributed by atoms with E-state index in [9.17, 15) is 0 Å². The van der Waals surface area contributed by atoms with Crippen LogP contribution >= 0.6 is 11.8 Å². The molecular formula is C16H28N2OS. The highest BCUT2D eigenvalue weighted by atomic mass is 32.2. The van der Waals surface area contributed by atoms with E-state index in [-0.39, 0.29) is 5.54 Å². The molecule has 1 N–H and O–H groups in total. The van der Waals surface area contributed by atoms with Crippen molar-refractivity contribution in [2.24, 2.45) is 0 Å². The van der Waals surface area contributed by atoms with Gasteiger partial charge in [-0.05, 0) is 33.8 Å². The van der Waals surface area contributed by atoms with Crippen LogP contribution in [0.2, 0.25) is 0 Å². The van der Waals surface area contributed by atoms with Crippen molar-refractivity contribution in [3.63, 3.8) is 0 Å². The van der Waals surface area contributed by atoms with E-state index in [2.05, 4.69) is 62.7 Å². The minimum absolute atomic E-state index is 0.125. The average molecular weight is 296 g/mol. The minimum Gasteiger partial charge on any atom is -0.465 e.